The third kappa shape index (κ3) is 4.19. The number of carbonyl (C=O) groups excluding carboxylic acids is 2. The summed E-state index contributed by atoms with van der Waals surface area (Å²) in [7, 11) is 1.66. The van der Waals surface area contributed by atoms with Crippen molar-refractivity contribution < 1.29 is 14.3 Å². The minimum atomic E-state index is -0.389. The highest BCUT2D eigenvalue weighted by Crippen LogP contribution is 2.28. The molecule has 1 saturated carbocycles. The van der Waals surface area contributed by atoms with Crippen LogP contribution >= 0.6 is 0 Å². The number of nitrogens with one attached hydrogen (secondary N) is 1. The zero-order valence-electron chi connectivity index (χ0n) is 13.5. The Morgan fingerprint density at radius 2 is 1.90 bits per heavy atom. The van der Waals surface area contributed by atoms with Crippen LogP contribution in [0.2, 0.25) is 0 Å². The van der Waals surface area contributed by atoms with Crippen LogP contribution in [0.15, 0.2) is 0 Å². The topological polar surface area (TPSA) is 58.6 Å². The molecule has 2 aliphatic rings. The number of hydrogen-bond donors (Lipinski definition) is 1. The number of methoxy groups -OCH3 is 1. The van der Waals surface area contributed by atoms with E-state index in [1.807, 2.05) is 13.8 Å². The smallest absolute Gasteiger partial charge is 0.245 e. The van der Waals surface area contributed by atoms with Crippen molar-refractivity contribution in [2.24, 2.45) is 5.92 Å². The Morgan fingerprint density at radius 3 is 2.52 bits per heavy atom. The summed E-state index contributed by atoms with van der Waals surface area (Å²) in [5.74, 6) is 0.357. The largest absolute Gasteiger partial charge is 0.377 e. The van der Waals surface area contributed by atoms with E-state index < -0.39 is 0 Å². The molecule has 1 aliphatic heterocycles. The number of ether oxygens (including phenoxy) is 1. The standard InChI is InChI=1S/C16H28N2O3/c1-16(2,21-3)11-18-10-9-13(19)17-14(15(18)20)12-7-5-4-6-8-12/h12,14H,4-11H2,1-3H3,(H,17,19). The first kappa shape index (κ1) is 16.3. The third-order valence-electron chi connectivity index (χ3n) is 4.75. The molecule has 120 valence electrons. The highest BCUT2D eigenvalue weighted by molar-refractivity contribution is 5.90. The van der Waals surface area contributed by atoms with Crippen LogP contribution in [-0.2, 0) is 14.3 Å². The molecule has 1 N–H and O–H groups in total. The molecular weight excluding hydrogens is 268 g/mol. The molecule has 1 aliphatic carbocycles. The Balaban J connectivity index is 2.11. The third-order valence-corrected chi connectivity index (χ3v) is 4.75. The van der Waals surface area contributed by atoms with Gasteiger partial charge >= 0.3 is 0 Å². The Labute approximate surface area is 127 Å². The summed E-state index contributed by atoms with van der Waals surface area (Å²) >= 11 is 0. The first-order valence-electron chi connectivity index (χ1n) is 8.06. The summed E-state index contributed by atoms with van der Waals surface area (Å²) in [5.41, 5.74) is -0.389. The molecule has 2 rings (SSSR count). The summed E-state index contributed by atoms with van der Waals surface area (Å²) in [6, 6.07) is -0.340. The number of carbonyl (C=O) groups is 2. The van der Waals surface area contributed by atoms with Gasteiger partial charge in [0.15, 0.2) is 0 Å². The molecule has 0 spiro atoms. The normalized spacial score (nSPS) is 25.7. The quantitative estimate of drug-likeness (QED) is 0.859. The fourth-order valence-electron chi connectivity index (χ4n) is 3.32. The highest BCUT2D eigenvalue weighted by atomic mass is 16.5. The van der Waals surface area contributed by atoms with Crippen molar-refractivity contribution in [3.8, 4) is 0 Å². The molecular formula is C16H28N2O3. The molecule has 5 heteroatoms. The van der Waals surface area contributed by atoms with Crippen LogP contribution in [0.1, 0.15) is 52.4 Å². The van der Waals surface area contributed by atoms with Gasteiger partial charge in [-0.15, -0.1) is 0 Å². The van der Waals surface area contributed by atoms with Gasteiger partial charge in [0, 0.05) is 26.6 Å². The maximum atomic E-state index is 12.8. The fraction of sp³-hybridized carbons (Fsp3) is 0.875. The summed E-state index contributed by atoms with van der Waals surface area (Å²) in [6.07, 6.45) is 6.03. The second kappa shape index (κ2) is 6.77. The molecule has 0 aromatic rings. The maximum Gasteiger partial charge on any atom is 0.245 e. The van der Waals surface area contributed by atoms with Gasteiger partial charge in [0.1, 0.15) is 6.04 Å². The highest BCUT2D eigenvalue weighted by Gasteiger charge is 2.37. The van der Waals surface area contributed by atoms with Gasteiger partial charge in [0.25, 0.3) is 0 Å². The summed E-state index contributed by atoms with van der Waals surface area (Å²) < 4.78 is 5.44. The molecule has 1 saturated heterocycles. The van der Waals surface area contributed by atoms with Crippen LogP contribution in [0.3, 0.4) is 0 Å². The SMILES string of the molecule is COC(C)(C)CN1CCC(=O)NC(C2CCCCC2)C1=O. The van der Waals surface area contributed by atoms with Crippen molar-refractivity contribution in [2.75, 3.05) is 20.2 Å². The molecule has 0 aromatic heterocycles. The van der Waals surface area contributed by atoms with E-state index in [0.717, 1.165) is 25.7 Å². The lowest BCUT2D eigenvalue weighted by Gasteiger charge is -2.35. The van der Waals surface area contributed by atoms with E-state index >= 15 is 0 Å². The van der Waals surface area contributed by atoms with E-state index in [-0.39, 0.29) is 23.5 Å². The fourth-order valence-corrected chi connectivity index (χ4v) is 3.32. The molecule has 1 heterocycles. The van der Waals surface area contributed by atoms with Crippen molar-refractivity contribution in [2.45, 2.75) is 64.0 Å². The van der Waals surface area contributed by atoms with Gasteiger partial charge in [-0.2, -0.15) is 0 Å². The van der Waals surface area contributed by atoms with Crippen molar-refractivity contribution in [3.05, 3.63) is 0 Å². The Bertz CT molecular complexity index is 389. The van der Waals surface area contributed by atoms with Crippen molar-refractivity contribution in [1.82, 2.24) is 10.2 Å². The first-order chi connectivity index (χ1) is 9.93. The number of nitrogens with zero attached hydrogens (tertiary/aromatic N) is 1. The molecule has 1 atom stereocenters. The van der Waals surface area contributed by atoms with E-state index in [4.69, 9.17) is 4.74 Å². The molecule has 21 heavy (non-hydrogen) atoms. The van der Waals surface area contributed by atoms with Crippen molar-refractivity contribution >= 4 is 11.8 Å². The monoisotopic (exact) mass is 296 g/mol. The van der Waals surface area contributed by atoms with Gasteiger partial charge in [-0.25, -0.2) is 0 Å². The van der Waals surface area contributed by atoms with Crippen LogP contribution in [0.4, 0.5) is 0 Å². The van der Waals surface area contributed by atoms with Gasteiger partial charge in [-0.05, 0) is 32.6 Å². The van der Waals surface area contributed by atoms with Crippen LogP contribution in [0.5, 0.6) is 0 Å². The lowest BCUT2D eigenvalue weighted by atomic mass is 9.83. The number of hydrogen-bond acceptors (Lipinski definition) is 3. The minimum absolute atomic E-state index is 0.00311. The molecule has 2 fully saturated rings. The first-order valence-corrected chi connectivity index (χ1v) is 8.06. The lowest BCUT2D eigenvalue weighted by molar-refractivity contribution is -0.138. The summed E-state index contributed by atoms with van der Waals surface area (Å²) in [5, 5.41) is 2.96. The molecule has 0 aromatic carbocycles. The van der Waals surface area contributed by atoms with Crippen LogP contribution in [0.25, 0.3) is 0 Å². The van der Waals surface area contributed by atoms with Gasteiger partial charge in [0.2, 0.25) is 11.8 Å². The maximum absolute atomic E-state index is 12.8. The Kier molecular flexibility index (Phi) is 5.25. The van der Waals surface area contributed by atoms with Crippen LogP contribution < -0.4 is 5.32 Å². The van der Waals surface area contributed by atoms with E-state index in [0.29, 0.717) is 25.4 Å². The van der Waals surface area contributed by atoms with Gasteiger partial charge < -0.3 is 15.0 Å². The van der Waals surface area contributed by atoms with Crippen LogP contribution in [-0.4, -0.2) is 48.6 Å². The second-order valence-corrected chi connectivity index (χ2v) is 6.92. The molecule has 2 amide bonds. The molecule has 0 radical (unpaired) electrons. The number of amides is 2. The zero-order chi connectivity index (χ0) is 15.5. The molecule has 1 unspecified atom stereocenters. The van der Waals surface area contributed by atoms with Gasteiger partial charge in [-0.3, -0.25) is 9.59 Å². The summed E-state index contributed by atoms with van der Waals surface area (Å²) in [6.45, 7) is 4.95. The van der Waals surface area contributed by atoms with Gasteiger partial charge in [0.05, 0.1) is 5.60 Å². The van der Waals surface area contributed by atoms with E-state index in [9.17, 15) is 9.59 Å². The van der Waals surface area contributed by atoms with Crippen molar-refractivity contribution in [3.63, 3.8) is 0 Å². The Morgan fingerprint density at radius 1 is 1.24 bits per heavy atom. The minimum Gasteiger partial charge on any atom is -0.377 e. The zero-order valence-corrected chi connectivity index (χ0v) is 13.5. The lowest BCUT2D eigenvalue weighted by Crippen LogP contribution is -2.52. The average molecular weight is 296 g/mol. The Hall–Kier alpha value is -1.10. The average Bonchev–Trinajstić information content (AvgIpc) is 2.61. The van der Waals surface area contributed by atoms with E-state index in [1.165, 1.54) is 6.42 Å². The van der Waals surface area contributed by atoms with E-state index in [1.54, 1.807) is 12.0 Å². The van der Waals surface area contributed by atoms with Gasteiger partial charge in [-0.1, -0.05) is 19.3 Å². The predicted molar refractivity (Wildman–Crippen MR) is 80.8 cm³/mol. The van der Waals surface area contributed by atoms with Crippen LogP contribution in [0, 0.1) is 5.92 Å². The van der Waals surface area contributed by atoms with Crippen molar-refractivity contribution in [1.29, 1.82) is 0 Å². The summed E-state index contributed by atoms with van der Waals surface area (Å²) in [4.78, 5) is 26.6. The van der Waals surface area contributed by atoms with E-state index in [2.05, 4.69) is 5.32 Å². The predicted octanol–water partition coefficient (Wildman–Crippen LogP) is 1.71. The molecule has 0 bridgehead atoms. The second-order valence-electron chi connectivity index (χ2n) is 6.92. The number of rotatable bonds is 4. The molecule has 5 nitrogen and oxygen atoms in total.